The molecular weight excluding hydrogens is 260 g/mol. The summed E-state index contributed by atoms with van der Waals surface area (Å²) in [5.41, 5.74) is 8.27. The number of hydrogen-bond acceptors (Lipinski definition) is 5. The minimum atomic E-state index is -0.589. The summed E-state index contributed by atoms with van der Waals surface area (Å²) in [6.07, 6.45) is 3.20. The lowest BCUT2D eigenvalue weighted by molar-refractivity contribution is -0.126. The summed E-state index contributed by atoms with van der Waals surface area (Å²) in [5, 5.41) is 2.91. The molecule has 2 unspecified atom stereocenters. The number of nitrogens with one attached hydrogen (secondary N) is 2. The Morgan fingerprint density at radius 3 is 2.65 bits per heavy atom. The van der Waals surface area contributed by atoms with Gasteiger partial charge in [0.15, 0.2) is 0 Å². The average molecular weight is 282 g/mol. The fourth-order valence-electron chi connectivity index (χ4n) is 3.23. The molecule has 1 saturated heterocycles. The molecule has 0 bridgehead atoms. The summed E-state index contributed by atoms with van der Waals surface area (Å²) >= 11 is 0. The number of likely N-dealkylation sites (tertiary alicyclic amines) is 1. The van der Waals surface area contributed by atoms with E-state index in [0.29, 0.717) is 12.3 Å². The molecular formula is C13H22N4O3. The number of rotatable bonds is 2. The molecule has 0 aromatic rings. The Morgan fingerprint density at radius 2 is 2.05 bits per heavy atom. The van der Waals surface area contributed by atoms with Crippen LogP contribution in [-0.4, -0.2) is 34.6 Å². The number of amides is 2. The zero-order valence-corrected chi connectivity index (χ0v) is 12.2. The summed E-state index contributed by atoms with van der Waals surface area (Å²) in [5.74, 6) is -0.0516. The van der Waals surface area contributed by atoms with Gasteiger partial charge in [-0.25, -0.2) is 10.2 Å². The van der Waals surface area contributed by atoms with Gasteiger partial charge in [-0.2, -0.15) is 5.53 Å². The second kappa shape index (κ2) is 5.38. The number of nitrogens with zero attached hydrogens (tertiary/aromatic N) is 2. The van der Waals surface area contributed by atoms with Gasteiger partial charge in [-0.15, -0.1) is 0 Å². The highest BCUT2D eigenvalue weighted by Crippen LogP contribution is 2.41. The molecule has 2 rings (SSSR count). The van der Waals surface area contributed by atoms with Crippen LogP contribution in [0, 0.1) is 11.4 Å². The van der Waals surface area contributed by atoms with Crippen molar-refractivity contribution in [2.45, 2.75) is 64.1 Å². The zero-order valence-electron chi connectivity index (χ0n) is 12.2. The van der Waals surface area contributed by atoms with E-state index in [1.807, 2.05) is 0 Å². The molecule has 1 heterocycles. The van der Waals surface area contributed by atoms with Crippen molar-refractivity contribution < 1.29 is 14.3 Å². The van der Waals surface area contributed by atoms with Crippen LogP contribution in [0.25, 0.3) is 0 Å². The molecule has 0 spiro atoms. The van der Waals surface area contributed by atoms with E-state index in [9.17, 15) is 9.59 Å². The number of ether oxygens (including phenoxy) is 1. The molecule has 20 heavy (non-hydrogen) atoms. The molecule has 2 aliphatic rings. The summed E-state index contributed by atoms with van der Waals surface area (Å²) < 4.78 is 5.42. The number of fused-ring (bicyclic) bond motifs is 1. The van der Waals surface area contributed by atoms with Crippen LogP contribution in [0.5, 0.6) is 0 Å². The molecule has 1 aliphatic heterocycles. The Balaban J connectivity index is 2.17. The van der Waals surface area contributed by atoms with E-state index < -0.39 is 23.6 Å². The minimum Gasteiger partial charge on any atom is -0.444 e. The van der Waals surface area contributed by atoms with Gasteiger partial charge < -0.3 is 4.74 Å². The van der Waals surface area contributed by atoms with Crippen LogP contribution >= 0.6 is 0 Å². The molecule has 112 valence electrons. The van der Waals surface area contributed by atoms with Gasteiger partial charge in [-0.3, -0.25) is 9.69 Å². The summed E-state index contributed by atoms with van der Waals surface area (Å²) in [4.78, 5) is 25.9. The van der Waals surface area contributed by atoms with E-state index in [0.717, 1.165) is 19.3 Å². The van der Waals surface area contributed by atoms with Crippen molar-refractivity contribution >= 4 is 12.0 Å². The van der Waals surface area contributed by atoms with Crippen molar-refractivity contribution in [3.05, 3.63) is 0 Å². The van der Waals surface area contributed by atoms with Crippen molar-refractivity contribution in [1.82, 2.24) is 10.3 Å². The lowest BCUT2D eigenvalue weighted by atomic mass is 10.0. The zero-order chi connectivity index (χ0) is 14.9. The number of hydrogen-bond donors (Lipinski definition) is 2. The van der Waals surface area contributed by atoms with Crippen LogP contribution in [0.4, 0.5) is 4.79 Å². The van der Waals surface area contributed by atoms with Crippen LogP contribution < -0.4 is 5.43 Å². The highest BCUT2D eigenvalue weighted by molar-refractivity contribution is 5.86. The van der Waals surface area contributed by atoms with Gasteiger partial charge in [0.1, 0.15) is 11.6 Å². The molecule has 2 fully saturated rings. The third-order valence-electron chi connectivity index (χ3n) is 3.91. The molecule has 0 aromatic heterocycles. The Kier molecular flexibility index (Phi) is 3.96. The van der Waals surface area contributed by atoms with Gasteiger partial charge in [-0.05, 0) is 46.0 Å². The topological polar surface area (TPSA) is 94.8 Å². The molecule has 1 saturated carbocycles. The first-order chi connectivity index (χ1) is 9.33. The van der Waals surface area contributed by atoms with E-state index in [1.165, 1.54) is 0 Å². The Hall–Kier alpha value is -1.66. The van der Waals surface area contributed by atoms with Gasteiger partial charge in [-0.1, -0.05) is 11.6 Å². The second-order valence-electron chi connectivity index (χ2n) is 6.49. The SMILES string of the molecule is CC(C)(C)OC(=O)N1C2CCCC2C[C@H]1C(=O)NN=N. The van der Waals surface area contributed by atoms with Gasteiger partial charge in [0.25, 0.3) is 5.91 Å². The fraction of sp³-hybridized carbons (Fsp3) is 0.846. The highest BCUT2D eigenvalue weighted by atomic mass is 16.6. The maximum atomic E-state index is 12.4. The van der Waals surface area contributed by atoms with Crippen molar-refractivity contribution in [1.29, 1.82) is 5.53 Å². The van der Waals surface area contributed by atoms with Crippen LogP contribution in [0.15, 0.2) is 5.22 Å². The summed E-state index contributed by atoms with van der Waals surface area (Å²) in [6.45, 7) is 5.42. The lowest BCUT2D eigenvalue weighted by Crippen LogP contribution is -2.49. The van der Waals surface area contributed by atoms with Crippen LogP contribution in [0.1, 0.15) is 46.5 Å². The van der Waals surface area contributed by atoms with Crippen molar-refractivity contribution in [3.63, 3.8) is 0 Å². The molecule has 3 atom stereocenters. The molecule has 7 heteroatoms. The van der Waals surface area contributed by atoms with E-state index in [-0.39, 0.29) is 6.04 Å². The fourth-order valence-corrected chi connectivity index (χ4v) is 3.23. The first kappa shape index (κ1) is 14.7. The van der Waals surface area contributed by atoms with Gasteiger partial charge in [0, 0.05) is 6.04 Å². The van der Waals surface area contributed by atoms with Crippen LogP contribution in [0.2, 0.25) is 0 Å². The van der Waals surface area contributed by atoms with Gasteiger partial charge >= 0.3 is 6.09 Å². The monoisotopic (exact) mass is 282 g/mol. The Morgan fingerprint density at radius 1 is 1.35 bits per heavy atom. The first-order valence-corrected chi connectivity index (χ1v) is 7.01. The summed E-state index contributed by atoms with van der Waals surface area (Å²) in [7, 11) is 0. The Bertz CT molecular complexity index is 418. The average Bonchev–Trinajstić information content (AvgIpc) is 2.84. The Labute approximate surface area is 118 Å². The quantitative estimate of drug-likeness (QED) is 0.600. The predicted octanol–water partition coefficient (Wildman–Crippen LogP) is 2.23. The molecule has 2 N–H and O–H groups in total. The van der Waals surface area contributed by atoms with E-state index in [2.05, 4.69) is 10.6 Å². The number of carbonyl (C=O) groups is 2. The van der Waals surface area contributed by atoms with E-state index >= 15 is 0 Å². The lowest BCUT2D eigenvalue weighted by Gasteiger charge is -2.31. The molecule has 2 amide bonds. The third-order valence-corrected chi connectivity index (χ3v) is 3.91. The van der Waals surface area contributed by atoms with E-state index in [4.69, 9.17) is 10.3 Å². The van der Waals surface area contributed by atoms with Crippen molar-refractivity contribution in [3.8, 4) is 0 Å². The highest BCUT2D eigenvalue weighted by Gasteiger charge is 2.49. The minimum absolute atomic E-state index is 0.0753. The predicted molar refractivity (Wildman–Crippen MR) is 70.9 cm³/mol. The van der Waals surface area contributed by atoms with Gasteiger partial charge in [0.2, 0.25) is 0 Å². The largest absolute Gasteiger partial charge is 0.444 e. The molecule has 1 aliphatic carbocycles. The second-order valence-corrected chi connectivity index (χ2v) is 6.49. The normalized spacial score (nSPS) is 28.9. The standard InChI is InChI=1S/C13H22N4O3/c1-13(2,3)20-12(19)17-9-6-4-5-8(9)7-10(17)11(18)15-16-14/h8-10H,4-7H2,1-3H3,(H2,14,15,18)/t8?,9?,10-/m0/s1. The number of carbonyl (C=O) groups excluding carboxylic acids is 2. The molecule has 0 aromatic carbocycles. The van der Waals surface area contributed by atoms with E-state index in [1.54, 1.807) is 25.7 Å². The maximum Gasteiger partial charge on any atom is 0.411 e. The first-order valence-electron chi connectivity index (χ1n) is 7.01. The summed E-state index contributed by atoms with van der Waals surface area (Å²) in [6, 6.07) is -0.499. The van der Waals surface area contributed by atoms with Crippen molar-refractivity contribution in [2.75, 3.05) is 0 Å². The molecule has 0 radical (unpaired) electrons. The smallest absolute Gasteiger partial charge is 0.411 e. The van der Waals surface area contributed by atoms with Crippen LogP contribution in [0.3, 0.4) is 0 Å². The van der Waals surface area contributed by atoms with Crippen molar-refractivity contribution in [2.24, 2.45) is 11.1 Å². The molecule has 7 nitrogen and oxygen atoms in total. The van der Waals surface area contributed by atoms with Gasteiger partial charge in [0.05, 0.1) is 0 Å². The maximum absolute atomic E-state index is 12.4. The van der Waals surface area contributed by atoms with Crippen LogP contribution in [-0.2, 0) is 9.53 Å². The third kappa shape index (κ3) is 2.91.